The molecule has 2 amide bonds. The minimum Gasteiger partial charge on any atom is -0.320 e. The van der Waals surface area contributed by atoms with Gasteiger partial charge in [0.1, 0.15) is 0 Å². The lowest BCUT2D eigenvalue weighted by molar-refractivity contribution is 0.207. The first kappa shape index (κ1) is 12.7. The topological polar surface area (TPSA) is 56.1 Å². The molecule has 0 saturated heterocycles. The molecule has 0 atom stereocenters. The van der Waals surface area contributed by atoms with Crippen LogP contribution in [0.15, 0.2) is 35.7 Å². The Morgan fingerprint density at radius 3 is 2.85 bits per heavy atom. The van der Waals surface area contributed by atoms with Crippen molar-refractivity contribution in [2.24, 2.45) is 0 Å². The highest BCUT2D eigenvalue weighted by molar-refractivity contribution is 7.10. The first-order valence-electron chi connectivity index (χ1n) is 6.37. The molecule has 4 nitrogen and oxygen atoms in total. The summed E-state index contributed by atoms with van der Waals surface area (Å²) < 4.78 is 0. The van der Waals surface area contributed by atoms with Gasteiger partial charge in [-0.3, -0.25) is 0 Å². The molecule has 0 fully saturated rings. The molecule has 2 aromatic rings. The average molecular weight is 283 g/mol. The predicted molar refractivity (Wildman–Crippen MR) is 78.6 cm³/mol. The van der Waals surface area contributed by atoms with E-state index in [1.165, 1.54) is 10.4 Å². The highest BCUT2D eigenvalue weighted by Crippen LogP contribution is 2.24. The zero-order valence-corrected chi connectivity index (χ0v) is 11.6. The zero-order chi connectivity index (χ0) is 13.9. The number of rotatable bonds is 1. The lowest BCUT2D eigenvalue weighted by atomic mass is 10.1. The number of thiophene rings is 1. The summed E-state index contributed by atoms with van der Waals surface area (Å²) in [5, 5.41) is 13.7. The third kappa shape index (κ3) is 2.51. The lowest BCUT2D eigenvalue weighted by Gasteiger charge is -2.27. The van der Waals surface area contributed by atoms with Crippen LogP contribution in [-0.2, 0) is 13.0 Å². The Bertz CT molecular complexity index is 669. The maximum absolute atomic E-state index is 12.2. The Kier molecular flexibility index (Phi) is 3.40. The summed E-state index contributed by atoms with van der Waals surface area (Å²) in [7, 11) is 0. The van der Waals surface area contributed by atoms with Crippen molar-refractivity contribution in [2.45, 2.75) is 13.0 Å². The number of nitrogens with one attached hydrogen (secondary N) is 1. The van der Waals surface area contributed by atoms with Crippen LogP contribution in [0, 0.1) is 11.3 Å². The minimum atomic E-state index is -0.0912. The number of amides is 2. The van der Waals surface area contributed by atoms with Crippen LogP contribution in [-0.4, -0.2) is 17.5 Å². The standard InChI is InChI=1S/C15H13N3OS/c16-9-11-1-3-13(4-2-11)17-15(19)18-7-5-14-12(10-18)6-8-20-14/h1-4,6,8H,5,7,10H2,(H,17,19). The van der Waals surface area contributed by atoms with Gasteiger partial charge >= 0.3 is 6.03 Å². The van der Waals surface area contributed by atoms with Crippen LogP contribution in [0.4, 0.5) is 10.5 Å². The van der Waals surface area contributed by atoms with E-state index in [1.54, 1.807) is 35.6 Å². The highest BCUT2D eigenvalue weighted by Gasteiger charge is 2.21. The van der Waals surface area contributed by atoms with Crippen molar-refractivity contribution in [3.8, 4) is 6.07 Å². The molecule has 0 saturated carbocycles. The van der Waals surface area contributed by atoms with Gasteiger partial charge in [0, 0.05) is 23.7 Å². The summed E-state index contributed by atoms with van der Waals surface area (Å²) in [6.07, 6.45) is 0.924. The SMILES string of the molecule is N#Cc1ccc(NC(=O)N2CCc3sccc3C2)cc1. The van der Waals surface area contributed by atoms with Gasteiger partial charge < -0.3 is 10.2 Å². The van der Waals surface area contributed by atoms with Crippen LogP contribution in [0.5, 0.6) is 0 Å². The molecule has 1 aliphatic heterocycles. The Hall–Kier alpha value is -2.32. The molecule has 20 heavy (non-hydrogen) atoms. The lowest BCUT2D eigenvalue weighted by Crippen LogP contribution is -2.38. The molecule has 1 aromatic heterocycles. The van der Waals surface area contributed by atoms with E-state index in [4.69, 9.17) is 5.26 Å². The molecule has 0 aliphatic carbocycles. The maximum atomic E-state index is 12.2. The monoisotopic (exact) mass is 283 g/mol. The summed E-state index contributed by atoms with van der Waals surface area (Å²) in [5.41, 5.74) is 2.55. The van der Waals surface area contributed by atoms with E-state index in [9.17, 15) is 4.79 Å². The zero-order valence-electron chi connectivity index (χ0n) is 10.8. The van der Waals surface area contributed by atoms with Crippen molar-refractivity contribution in [1.82, 2.24) is 4.90 Å². The van der Waals surface area contributed by atoms with Crippen LogP contribution in [0.1, 0.15) is 16.0 Å². The normalized spacial score (nSPS) is 13.4. The van der Waals surface area contributed by atoms with Crippen LogP contribution >= 0.6 is 11.3 Å². The Labute approximate surface area is 121 Å². The number of carbonyl (C=O) groups is 1. The van der Waals surface area contributed by atoms with Crippen LogP contribution in [0.25, 0.3) is 0 Å². The third-order valence-electron chi connectivity index (χ3n) is 3.36. The second kappa shape index (κ2) is 5.35. The number of urea groups is 1. The largest absolute Gasteiger partial charge is 0.322 e. The number of anilines is 1. The number of fused-ring (bicyclic) bond motifs is 1. The summed E-state index contributed by atoms with van der Waals surface area (Å²) in [4.78, 5) is 15.4. The van der Waals surface area contributed by atoms with E-state index >= 15 is 0 Å². The molecule has 5 heteroatoms. The summed E-state index contributed by atoms with van der Waals surface area (Å²) >= 11 is 1.76. The smallest absolute Gasteiger partial charge is 0.320 e. The molecular weight excluding hydrogens is 270 g/mol. The van der Waals surface area contributed by atoms with Crippen molar-refractivity contribution < 1.29 is 4.79 Å². The summed E-state index contributed by atoms with van der Waals surface area (Å²) in [6, 6.07) is 10.9. The van der Waals surface area contributed by atoms with E-state index in [0.717, 1.165) is 13.0 Å². The van der Waals surface area contributed by atoms with Gasteiger partial charge in [0.2, 0.25) is 0 Å². The number of benzene rings is 1. The highest BCUT2D eigenvalue weighted by atomic mass is 32.1. The van der Waals surface area contributed by atoms with Crippen LogP contribution in [0.2, 0.25) is 0 Å². The average Bonchev–Trinajstić information content (AvgIpc) is 2.95. The van der Waals surface area contributed by atoms with E-state index in [0.29, 0.717) is 17.8 Å². The quantitative estimate of drug-likeness (QED) is 0.873. The fourth-order valence-corrected chi connectivity index (χ4v) is 3.14. The van der Waals surface area contributed by atoms with E-state index in [-0.39, 0.29) is 6.03 Å². The first-order valence-corrected chi connectivity index (χ1v) is 7.25. The summed E-state index contributed by atoms with van der Waals surface area (Å²) in [5.74, 6) is 0. The van der Waals surface area contributed by atoms with E-state index in [1.807, 2.05) is 4.90 Å². The number of carbonyl (C=O) groups excluding carboxylic acids is 1. The molecule has 100 valence electrons. The summed E-state index contributed by atoms with van der Waals surface area (Å²) in [6.45, 7) is 1.41. The Morgan fingerprint density at radius 2 is 2.10 bits per heavy atom. The molecule has 2 heterocycles. The van der Waals surface area contributed by atoms with Crippen LogP contribution < -0.4 is 5.32 Å². The van der Waals surface area contributed by atoms with Gasteiger partial charge in [0.25, 0.3) is 0 Å². The van der Waals surface area contributed by atoms with Gasteiger partial charge in [0.15, 0.2) is 0 Å². The number of nitriles is 1. The number of nitrogens with zero attached hydrogens (tertiary/aromatic N) is 2. The molecule has 0 bridgehead atoms. The van der Waals surface area contributed by atoms with Gasteiger partial charge in [-0.2, -0.15) is 5.26 Å². The number of hydrogen-bond acceptors (Lipinski definition) is 3. The Morgan fingerprint density at radius 1 is 1.30 bits per heavy atom. The van der Waals surface area contributed by atoms with Gasteiger partial charge in [-0.05, 0) is 47.7 Å². The van der Waals surface area contributed by atoms with Gasteiger partial charge in [-0.25, -0.2) is 4.79 Å². The third-order valence-corrected chi connectivity index (χ3v) is 4.38. The fourth-order valence-electron chi connectivity index (χ4n) is 2.25. The maximum Gasteiger partial charge on any atom is 0.322 e. The molecule has 3 rings (SSSR count). The second-order valence-electron chi connectivity index (χ2n) is 4.66. The molecule has 1 aromatic carbocycles. The van der Waals surface area contributed by atoms with E-state index < -0.39 is 0 Å². The molecule has 1 N–H and O–H groups in total. The van der Waals surface area contributed by atoms with Crippen LogP contribution in [0.3, 0.4) is 0 Å². The van der Waals surface area contributed by atoms with Crippen molar-refractivity contribution in [2.75, 3.05) is 11.9 Å². The van der Waals surface area contributed by atoms with Crippen molar-refractivity contribution in [3.05, 3.63) is 51.7 Å². The molecule has 0 radical (unpaired) electrons. The number of hydrogen-bond donors (Lipinski definition) is 1. The van der Waals surface area contributed by atoms with Gasteiger partial charge in [-0.1, -0.05) is 0 Å². The van der Waals surface area contributed by atoms with Gasteiger partial charge in [-0.15, -0.1) is 11.3 Å². The van der Waals surface area contributed by atoms with E-state index in [2.05, 4.69) is 22.8 Å². The molecule has 1 aliphatic rings. The fraction of sp³-hybridized carbons (Fsp3) is 0.200. The predicted octanol–water partition coefficient (Wildman–Crippen LogP) is 3.21. The van der Waals surface area contributed by atoms with Crippen molar-refractivity contribution in [1.29, 1.82) is 5.26 Å². The first-order chi connectivity index (χ1) is 9.76. The van der Waals surface area contributed by atoms with Crippen molar-refractivity contribution >= 4 is 23.1 Å². The molecule has 0 unspecified atom stereocenters. The Balaban J connectivity index is 1.66. The molecular formula is C15H13N3OS. The minimum absolute atomic E-state index is 0.0912. The second-order valence-corrected chi connectivity index (χ2v) is 5.66. The van der Waals surface area contributed by atoms with Gasteiger partial charge in [0.05, 0.1) is 11.6 Å². The molecule has 0 spiro atoms. The van der Waals surface area contributed by atoms with Crippen molar-refractivity contribution in [3.63, 3.8) is 0 Å².